The van der Waals surface area contributed by atoms with Crippen LogP contribution in [0, 0.1) is 11.8 Å². The normalized spacial score (nSPS) is 25.0. The molecule has 3 atom stereocenters. The fourth-order valence-corrected chi connectivity index (χ4v) is 6.24. The molecule has 2 bridgehead atoms. The first-order chi connectivity index (χ1) is 16.5. The Morgan fingerprint density at radius 3 is 2.31 bits per heavy atom. The van der Waals surface area contributed by atoms with Crippen molar-refractivity contribution in [1.82, 2.24) is 0 Å². The van der Waals surface area contributed by atoms with E-state index in [1.165, 1.54) is 0 Å². The first kappa shape index (κ1) is 27.8. The molecule has 1 N–H and O–H groups in total. The van der Waals surface area contributed by atoms with E-state index in [0.717, 1.165) is 55.0 Å². The largest absolute Gasteiger partial charge is 0.462 e. The van der Waals surface area contributed by atoms with Gasteiger partial charge >= 0.3 is 27.6 Å². The second kappa shape index (κ2) is 11.5. The van der Waals surface area contributed by atoms with Crippen LogP contribution < -0.4 is 0 Å². The number of carbonyl (C=O) groups excluding carboxylic acids is 2. The second-order valence-electron chi connectivity index (χ2n) is 9.97. The van der Waals surface area contributed by atoms with Gasteiger partial charge in [-0.05, 0) is 42.7 Å². The number of benzene rings is 1. The molecule has 0 radical (unpaired) electrons. The molecule has 0 spiro atoms. The van der Waals surface area contributed by atoms with Gasteiger partial charge in [0.25, 0.3) is 0 Å². The molecule has 0 saturated heterocycles. The van der Waals surface area contributed by atoms with E-state index in [0.29, 0.717) is 24.7 Å². The molecule has 3 rings (SSSR count). The third-order valence-corrected chi connectivity index (χ3v) is 8.25. The lowest BCUT2D eigenvalue weighted by Crippen LogP contribution is -2.47. The van der Waals surface area contributed by atoms with Crippen LogP contribution in [0.25, 0.3) is 0 Å². The predicted molar refractivity (Wildman–Crippen MR) is 138 cm³/mol. The van der Waals surface area contributed by atoms with Gasteiger partial charge in [0.15, 0.2) is 0 Å². The minimum atomic E-state index is -5.22. The van der Waals surface area contributed by atoms with Gasteiger partial charge in [-0.2, -0.15) is 8.42 Å². The Bertz CT molecular complexity index is 1040. The summed E-state index contributed by atoms with van der Waals surface area (Å²) in [6.45, 7) is -0.0463. The predicted octanol–water partition coefficient (Wildman–Crippen LogP) is 0.698. The zero-order valence-corrected chi connectivity index (χ0v) is 21.7. The van der Waals surface area contributed by atoms with Crippen molar-refractivity contribution < 1.29 is 36.4 Å². The molecule has 35 heavy (non-hydrogen) atoms. The lowest BCUT2D eigenvalue weighted by atomic mass is 9.65. The van der Waals surface area contributed by atoms with E-state index in [9.17, 15) is 22.4 Å². The zero-order valence-electron chi connectivity index (χ0n) is 20.8. The molecule has 2 saturated carbocycles. The van der Waals surface area contributed by atoms with E-state index >= 15 is 0 Å². The van der Waals surface area contributed by atoms with Crippen LogP contribution >= 0.6 is 0 Å². The molecule has 0 aliphatic heterocycles. The van der Waals surface area contributed by atoms with E-state index in [2.05, 4.69) is 6.07 Å². The summed E-state index contributed by atoms with van der Waals surface area (Å²) in [4.78, 5) is 25.3. The van der Waals surface area contributed by atoms with E-state index in [-0.39, 0.29) is 24.9 Å². The SMILES string of the molecule is BCc1cc(CB)c(CB)c(C(=O)OCCC2(OC(=O)C(F)S(=O)(=O)O)CC3CCCC(C3)C2)c1. The average Bonchev–Trinajstić information content (AvgIpc) is 2.81. The number of carbonyl (C=O) groups is 2. The summed E-state index contributed by atoms with van der Waals surface area (Å²) < 4.78 is 56.4. The zero-order chi connectivity index (χ0) is 25.8. The van der Waals surface area contributed by atoms with Crippen LogP contribution in [0.2, 0.25) is 0 Å². The van der Waals surface area contributed by atoms with Crippen molar-refractivity contribution in [2.45, 2.75) is 75.0 Å². The Morgan fingerprint density at radius 1 is 1.11 bits per heavy atom. The van der Waals surface area contributed by atoms with Gasteiger partial charge in [-0.3, -0.25) is 4.55 Å². The molecule has 3 unspecified atom stereocenters. The van der Waals surface area contributed by atoms with Gasteiger partial charge in [-0.1, -0.05) is 55.4 Å². The minimum Gasteiger partial charge on any atom is -0.462 e. The molecule has 2 aliphatic rings. The summed E-state index contributed by atoms with van der Waals surface area (Å²) in [6, 6.07) is 3.98. The van der Waals surface area contributed by atoms with Crippen LogP contribution in [0.5, 0.6) is 0 Å². The standard InChI is InChI=1S/C23H34B3FO7S/c24-11-16-7-17(12-25)19(13-26)18(8-16)21(28)33-5-4-23(34-22(29)20(27)35(30,31)32)9-14-2-1-3-15(6-14)10-23/h7-8,14-15,20H,1-6,9-13,24-26H2,(H,30,31,32). The van der Waals surface area contributed by atoms with Crippen molar-refractivity contribution in [2.75, 3.05) is 6.61 Å². The van der Waals surface area contributed by atoms with Crippen LogP contribution in [0.15, 0.2) is 12.1 Å². The summed E-state index contributed by atoms with van der Waals surface area (Å²) in [6.07, 6.45) is 7.30. The van der Waals surface area contributed by atoms with Crippen LogP contribution in [-0.4, -0.2) is 66.2 Å². The third-order valence-electron chi connectivity index (χ3n) is 7.53. The maximum Gasteiger partial charge on any atom is 0.359 e. The highest BCUT2D eigenvalue weighted by molar-refractivity contribution is 7.87. The van der Waals surface area contributed by atoms with Crippen LogP contribution in [0.4, 0.5) is 4.39 Å². The van der Waals surface area contributed by atoms with Crippen LogP contribution in [0.1, 0.15) is 72.0 Å². The highest BCUT2D eigenvalue weighted by atomic mass is 32.2. The van der Waals surface area contributed by atoms with Crippen molar-refractivity contribution in [3.8, 4) is 0 Å². The minimum absolute atomic E-state index is 0.0463. The molecule has 0 aromatic heterocycles. The Morgan fingerprint density at radius 2 is 1.77 bits per heavy atom. The van der Waals surface area contributed by atoms with Gasteiger partial charge in [0.2, 0.25) is 0 Å². The van der Waals surface area contributed by atoms with Crippen molar-refractivity contribution >= 4 is 45.6 Å². The lowest BCUT2D eigenvalue weighted by molar-refractivity contribution is -0.174. The van der Waals surface area contributed by atoms with Crippen LogP contribution in [0.3, 0.4) is 0 Å². The fourth-order valence-electron chi connectivity index (χ4n) is 5.95. The summed E-state index contributed by atoms with van der Waals surface area (Å²) in [5.41, 5.74) is -0.630. The van der Waals surface area contributed by atoms with E-state index < -0.39 is 33.2 Å². The quantitative estimate of drug-likeness (QED) is 0.283. The number of hydrogen-bond acceptors (Lipinski definition) is 6. The number of ether oxygens (including phenoxy) is 2. The maximum atomic E-state index is 14.0. The van der Waals surface area contributed by atoms with Gasteiger partial charge in [-0.15, -0.1) is 0 Å². The monoisotopic (exact) mass is 506 g/mol. The smallest absolute Gasteiger partial charge is 0.359 e. The molecule has 2 fully saturated rings. The molecule has 0 heterocycles. The first-order valence-corrected chi connectivity index (χ1v) is 14.2. The summed E-state index contributed by atoms with van der Waals surface area (Å²) in [5, 5.41) is 0. The number of fused-ring (bicyclic) bond motifs is 2. The number of esters is 2. The highest BCUT2D eigenvalue weighted by Gasteiger charge is 2.47. The molecule has 1 aromatic carbocycles. The molecule has 1 aromatic rings. The number of hydrogen-bond donors (Lipinski definition) is 1. The van der Waals surface area contributed by atoms with E-state index in [1.54, 1.807) is 0 Å². The van der Waals surface area contributed by atoms with Gasteiger partial charge < -0.3 is 9.47 Å². The third kappa shape index (κ3) is 6.70. The Balaban J connectivity index is 1.77. The summed E-state index contributed by atoms with van der Waals surface area (Å²) >= 11 is 0. The summed E-state index contributed by atoms with van der Waals surface area (Å²) in [7, 11) is 0.852. The maximum absolute atomic E-state index is 14.0. The van der Waals surface area contributed by atoms with Crippen molar-refractivity contribution in [3.63, 3.8) is 0 Å². The second-order valence-corrected chi connectivity index (χ2v) is 11.4. The van der Waals surface area contributed by atoms with Gasteiger partial charge in [-0.25, -0.2) is 14.0 Å². The molecule has 190 valence electrons. The first-order valence-electron chi connectivity index (χ1n) is 12.7. The van der Waals surface area contributed by atoms with Crippen molar-refractivity contribution in [2.24, 2.45) is 11.8 Å². The lowest BCUT2D eigenvalue weighted by Gasteiger charge is -2.46. The molecular weight excluding hydrogens is 472 g/mol. The molecule has 7 nitrogen and oxygen atoms in total. The van der Waals surface area contributed by atoms with E-state index in [4.69, 9.17) is 14.0 Å². The molecule has 12 heteroatoms. The number of halogens is 1. The Kier molecular flexibility index (Phi) is 9.13. The van der Waals surface area contributed by atoms with Gasteiger partial charge in [0, 0.05) is 6.42 Å². The van der Waals surface area contributed by atoms with Gasteiger partial charge in [0.05, 0.1) is 12.2 Å². The number of alkyl halides is 1. The van der Waals surface area contributed by atoms with Crippen LogP contribution in [-0.2, 0) is 43.3 Å². The molecular formula is C23H34B3FO7S. The highest BCUT2D eigenvalue weighted by Crippen LogP contribution is 2.47. The molecule has 2 aliphatic carbocycles. The van der Waals surface area contributed by atoms with E-state index in [1.807, 2.05) is 29.6 Å². The average molecular weight is 506 g/mol. The summed E-state index contributed by atoms with van der Waals surface area (Å²) in [5.74, 6) is -1.52. The Labute approximate surface area is 209 Å². The van der Waals surface area contributed by atoms with Crippen molar-refractivity contribution in [3.05, 3.63) is 34.4 Å². The van der Waals surface area contributed by atoms with Gasteiger partial charge in [0.1, 0.15) is 29.1 Å². The topological polar surface area (TPSA) is 107 Å². The Hall–Kier alpha value is -1.81. The molecule has 0 amide bonds. The fraction of sp³-hybridized carbons (Fsp3) is 0.652. The van der Waals surface area contributed by atoms with Crippen molar-refractivity contribution in [1.29, 1.82) is 0 Å². The number of rotatable bonds is 10.